The Balaban J connectivity index is 2.16. The number of imidazole rings is 1. The monoisotopic (exact) mass is 257 g/mol. The number of hydrogen-bond acceptors (Lipinski definition) is 7. The Morgan fingerprint density at radius 3 is 2.63 bits per heavy atom. The van der Waals surface area contributed by atoms with Gasteiger partial charge in [-0.1, -0.05) is 0 Å². The largest absolute Gasteiger partial charge is 0.357 e. The zero-order valence-electron chi connectivity index (χ0n) is 10.4. The Labute approximate surface area is 108 Å². The van der Waals surface area contributed by atoms with Crippen LogP contribution in [0.25, 0.3) is 11.9 Å². The molecule has 0 aromatic carbocycles. The van der Waals surface area contributed by atoms with Gasteiger partial charge >= 0.3 is 0 Å². The summed E-state index contributed by atoms with van der Waals surface area (Å²) in [5.41, 5.74) is 0. The van der Waals surface area contributed by atoms with Crippen LogP contribution in [0.2, 0.25) is 0 Å². The van der Waals surface area contributed by atoms with Crippen molar-refractivity contribution in [3.05, 3.63) is 30.9 Å². The third kappa shape index (κ3) is 2.01. The zero-order chi connectivity index (χ0) is 13.2. The van der Waals surface area contributed by atoms with Crippen molar-refractivity contribution in [1.82, 2.24) is 39.3 Å². The van der Waals surface area contributed by atoms with Crippen molar-refractivity contribution in [2.75, 3.05) is 12.4 Å². The van der Waals surface area contributed by atoms with Crippen LogP contribution in [0, 0.1) is 6.92 Å². The van der Waals surface area contributed by atoms with Crippen LogP contribution in [0.4, 0.5) is 5.95 Å². The van der Waals surface area contributed by atoms with E-state index in [1.54, 1.807) is 24.0 Å². The third-order valence-corrected chi connectivity index (χ3v) is 2.50. The summed E-state index contributed by atoms with van der Waals surface area (Å²) in [6.07, 6.45) is 6.42. The maximum absolute atomic E-state index is 4.35. The van der Waals surface area contributed by atoms with Gasteiger partial charge in [0, 0.05) is 19.4 Å². The molecule has 0 spiro atoms. The average Bonchev–Trinajstić information content (AvgIpc) is 3.09. The molecule has 0 unspecified atom stereocenters. The molecular formula is C10H11N9. The molecule has 0 bridgehead atoms. The van der Waals surface area contributed by atoms with Crippen LogP contribution in [-0.2, 0) is 0 Å². The first kappa shape index (κ1) is 11.3. The molecule has 0 aliphatic heterocycles. The molecular weight excluding hydrogens is 246 g/mol. The predicted octanol–water partition coefficient (Wildman–Crippen LogP) is -0.0119. The standard InChI is InChI=1S/C10H11N9/c1-7-13-3-4-18(7)9-15-8(11-2)16-10(17-9)19-6-12-5-14-19/h3-6H,1-2H3,(H,11,15,16,17). The van der Waals surface area contributed by atoms with E-state index in [1.165, 1.54) is 17.3 Å². The Morgan fingerprint density at radius 2 is 2.00 bits per heavy atom. The van der Waals surface area contributed by atoms with Crippen molar-refractivity contribution < 1.29 is 0 Å². The Hall–Kier alpha value is -2.84. The van der Waals surface area contributed by atoms with Crippen LogP contribution in [0.5, 0.6) is 0 Å². The van der Waals surface area contributed by atoms with Gasteiger partial charge in [-0.15, -0.1) is 0 Å². The summed E-state index contributed by atoms with van der Waals surface area (Å²) in [5, 5.41) is 6.90. The molecule has 0 saturated carbocycles. The van der Waals surface area contributed by atoms with Gasteiger partial charge in [0.2, 0.25) is 11.9 Å². The number of aryl methyl sites for hydroxylation is 1. The number of anilines is 1. The molecule has 19 heavy (non-hydrogen) atoms. The number of aromatic nitrogens is 8. The van der Waals surface area contributed by atoms with Crippen molar-refractivity contribution in [3.63, 3.8) is 0 Å². The third-order valence-electron chi connectivity index (χ3n) is 2.50. The quantitative estimate of drug-likeness (QED) is 0.704. The van der Waals surface area contributed by atoms with Gasteiger partial charge in [-0.05, 0) is 6.92 Å². The molecule has 3 rings (SSSR count). The minimum atomic E-state index is 0.389. The average molecular weight is 257 g/mol. The molecule has 0 saturated heterocycles. The topological polar surface area (TPSA) is 99.2 Å². The molecule has 0 aliphatic carbocycles. The normalized spacial score (nSPS) is 10.6. The molecule has 0 radical (unpaired) electrons. The van der Waals surface area contributed by atoms with Crippen LogP contribution >= 0.6 is 0 Å². The number of nitrogens with one attached hydrogen (secondary N) is 1. The second-order valence-corrected chi connectivity index (χ2v) is 3.69. The summed E-state index contributed by atoms with van der Waals surface area (Å²) < 4.78 is 3.24. The van der Waals surface area contributed by atoms with Crippen LogP contribution in [-0.4, -0.2) is 46.3 Å². The summed E-state index contributed by atoms with van der Waals surface area (Å²) in [7, 11) is 1.74. The fourth-order valence-electron chi connectivity index (χ4n) is 1.58. The van der Waals surface area contributed by atoms with E-state index >= 15 is 0 Å². The number of hydrogen-bond donors (Lipinski definition) is 1. The first-order valence-electron chi connectivity index (χ1n) is 5.57. The molecule has 9 nitrogen and oxygen atoms in total. The van der Waals surface area contributed by atoms with E-state index in [9.17, 15) is 0 Å². The van der Waals surface area contributed by atoms with E-state index in [-0.39, 0.29) is 0 Å². The van der Waals surface area contributed by atoms with Gasteiger partial charge < -0.3 is 5.32 Å². The van der Waals surface area contributed by atoms with E-state index in [0.29, 0.717) is 17.8 Å². The first-order chi connectivity index (χ1) is 9.28. The highest BCUT2D eigenvalue weighted by molar-refractivity contribution is 5.32. The Morgan fingerprint density at radius 1 is 1.16 bits per heavy atom. The van der Waals surface area contributed by atoms with Gasteiger partial charge in [0.25, 0.3) is 5.95 Å². The van der Waals surface area contributed by atoms with E-state index in [4.69, 9.17) is 0 Å². The van der Waals surface area contributed by atoms with Gasteiger partial charge in [-0.3, -0.25) is 4.57 Å². The van der Waals surface area contributed by atoms with Crippen molar-refractivity contribution in [1.29, 1.82) is 0 Å². The van der Waals surface area contributed by atoms with E-state index in [2.05, 4.69) is 35.3 Å². The zero-order valence-corrected chi connectivity index (χ0v) is 10.4. The maximum atomic E-state index is 4.35. The number of nitrogens with zero attached hydrogens (tertiary/aromatic N) is 8. The van der Waals surface area contributed by atoms with Crippen LogP contribution < -0.4 is 5.32 Å². The highest BCUT2D eigenvalue weighted by Gasteiger charge is 2.10. The number of rotatable bonds is 3. The lowest BCUT2D eigenvalue weighted by Gasteiger charge is -2.07. The SMILES string of the molecule is CNc1nc(-n2cncn2)nc(-n2ccnc2C)n1. The molecule has 0 fully saturated rings. The lowest BCUT2D eigenvalue weighted by Crippen LogP contribution is -2.12. The second-order valence-electron chi connectivity index (χ2n) is 3.69. The fraction of sp³-hybridized carbons (Fsp3) is 0.200. The molecule has 9 heteroatoms. The predicted molar refractivity (Wildman–Crippen MR) is 66.1 cm³/mol. The molecule has 3 heterocycles. The molecule has 96 valence electrons. The molecule has 1 N–H and O–H groups in total. The molecule has 3 aromatic rings. The van der Waals surface area contributed by atoms with E-state index in [0.717, 1.165) is 5.82 Å². The van der Waals surface area contributed by atoms with E-state index < -0.39 is 0 Å². The van der Waals surface area contributed by atoms with Crippen molar-refractivity contribution in [3.8, 4) is 11.9 Å². The summed E-state index contributed by atoms with van der Waals surface area (Å²) in [6.45, 7) is 1.87. The van der Waals surface area contributed by atoms with E-state index in [1.807, 2.05) is 6.92 Å². The van der Waals surface area contributed by atoms with Gasteiger partial charge in [0.15, 0.2) is 0 Å². The smallest absolute Gasteiger partial charge is 0.258 e. The van der Waals surface area contributed by atoms with Gasteiger partial charge in [-0.2, -0.15) is 24.7 Å². The summed E-state index contributed by atoms with van der Waals surface area (Å²) in [5.74, 6) is 2.10. The maximum Gasteiger partial charge on any atom is 0.258 e. The summed E-state index contributed by atoms with van der Waals surface area (Å²) in [4.78, 5) is 20.9. The van der Waals surface area contributed by atoms with Crippen LogP contribution in [0.15, 0.2) is 25.0 Å². The molecule has 0 aliphatic rings. The van der Waals surface area contributed by atoms with Crippen molar-refractivity contribution in [2.24, 2.45) is 0 Å². The van der Waals surface area contributed by atoms with Gasteiger partial charge in [0.1, 0.15) is 18.5 Å². The Kier molecular flexibility index (Phi) is 2.63. The van der Waals surface area contributed by atoms with Gasteiger partial charge in [-0.25, -0.2) is 9.97 Å². The molecule has 0 atom stereocenters. The van der Waals surface area contributed by atoms with Crippen molar-refractivity contribution >= 4 is 5.95 Å². The van der Waals surface area contributed by atoms with Gasteiger partial charge in [0.05, 0.1) is 0 Å². The first-order valence-corrected chi connectivity index (χ1v) is 5.57. The minimum absolute atomic E-state index is 0.389. The fourth-order valence-corrected chi connectivity index (χ4v) is 1.58. The highest BCUT2D eigenvalue weighted by atomic mass is 15.4. The summed E-state index contributed by atoms with van der Waals surface area (Å²) in [6, 6.07) is 0. The minimum Gasteiger partial charge on any atom is -0.357 e. The van der Waals surface area contributed by atoms with Crippen LogP contribution in [0.3, 0.4) is 0 Å². The van der Waals surface area contributed by atoms with Crippen molar-refractivity contribution in [2.45, 2.75) is 6.92 Å². The lowest BCUT2D eigenvalue weighted by molar-refractivity contribution is 0.769. The molecule has 3 aromatic heterocycles. The Bertz CT molecular complexity index is 685. The lowest BCUT2D eigenvalue weighted by atomic mass is 10.6. The second kappa shape index (κ2) is 4.44. The molecule has 0 amide bonds. The van der Waals surface area contributed by atoms with Crippen LogP contribution in [0.1, 0.15) is 5.82 Å². The summed E-state index contributed by atoms with van der Waals surface area (Å²) >= 11 is 0. The highest BCUT2D eigenvalue weighted by Crippen LogP contribution is 2.09.